The molecule has 1 heterocycles. The number of halogens is 1. The summed E-state index contributed by atoms with van der Waals surface area (Å²) in [5.41, 5.74) is 2.11. The standard InChI is InChI=1S/C20H17ClN2O4S/c1-11-8-15(26-2)16(27-3)9-13(11)10-17-19(25)23-20(28-17)22-18(24)12-4-6-14(21)7-5-12/h4-10H,1-3H3,(H,22,23,24,25)/b17-10-. The Bertz CT molecular complexity index is 1000. The molecular formula is C20H17ClN2O4S. The SMILES string of the molecule is COc1cc(C)c(/C=C2\SC(=NC(=O)c3ccc(Cl)cc3)NC2=O)cc1OC. The molecule has 2 aromatic rings. The number of hydrogen-bond donors (Lipinski definition) is 1. The van der Waals surface area contributed by atoms with Gasteiger partial charge in [-0.25, -0.2) is 0 Å². The number of aryl methyl sites for hydroxylation is 1. The van der Waals surface area contributed by atoms with Crippen LogP contribution in [0.5, 0.6) is 11.5 Å². The number of thioether (sulfide) groups is 1. The van der Waals surface area contributed by atoms with Crippen LogP contribution in [0.3, 0.4) is 0 Å². The highest BCUT2D eigenvalue weighted by Crippen LogP contribution is 2.33. The molecule has 1 aliphatic heterocycles. The lowest BCUT2D eigenvalue weighted by molar-refractivity contribution is -0.115. The van der Waals surface area contributed by atoms with Crippen molar-refractivity contribution >= 4 is 46.4 Å². The molecule has 1 N–H and O–H groups in total. The van der Waals surface area contributed by atoms with E-state index in [4.69, 9.17) is 21.1 Å². The number of carbonyl (C=O) groups excluding carboxylic acids is 2. The number of nitrogens with one attached hydrogen (secondary N) is 1. The van der Waals surface area contributed by atoms with Crippen LogP contribution in [0.2, 0.25) is 5.02 Å². The molecule has 0 spiro atoms. The molecule has 8 heteroatoms. The maximum Gasteiger partial charge on any atom is 0.279 e. The number of amidine groups is 1. The Kier molecular flexibility index (Phi) is 6.06. The second-order valence-corrected chi connectivity index (χ2v) is 7.32. The van der Waals surface area contributed by atoms with Crippen LogP contribution in [0.4, 0.5) is 0 Å². The van der Waals surface area contributed by atoms with Crippen molar-refractivity contribution in [3.05, 3.63) is 63.0 Å². The number of rotatable bonds is 4. The Balaban J connectivity index is 1.84. The van der Waals surface area contributed by atoms with Gasteiger partial charge in [-0.05, 0) is 72.3 Å². The quantitative estimate of drug-likeness (QED) is 0.760. The van der Waals surface area contributed by atoms with E-state index in [1.54, 1.807) is 50.6 Å². The third-order valence-corrected chi connectivity index (χ3v) is 5.17. The van der Waals surface area contributed by atoms with E-state index in [9.17, 15) is 9.59 Å². The van der Waals surface area contributed by atoms with Crippen molar-refractivity contribution in [3.63, 3.8) is 0 Å². The highest BCUT2D eigenvalue weighted by molar-refractivity contribution is 8.18. The van der Waals surface area contributed by atoms with Crippen LogP contribution in [-0.2, 0) is 4.79 Å². The summed E-state index contributed by atoms with van der Waals surface area (Å²) in [6.45, 7) is 1.91. The molecule has 0 aromatic heterocycles. The molecule has 1 saturated heterocycles. The summed E-state index contributed by atoms with van der Waals surface area (Å²) >= 11 is 6.93. The van der Waals surface area contributed by atoms with E-state index < -0.39 is 5.91 Å². The largest absolute Gasteiger partial charge is 0.493 e. The number of carbonyl (C=O) groups is 2. The van der Waals surface area contributed by atoms with Gasteiger partial charge in [0, 0.05) is 10.6 Å². The van der Waals surface area contributed by atoms with Gasteiger partial charge in [0.05, 0.1) is 19.1 Å². The number of ether oxygens (including phenoxy) is 2. The molecule has 0 bridgehead atoms. The Morgan fingerprint density at radius 2 is 1.79 bits per heavy atom. The lowest BCUT2D eigenvalue weighted by atomic mass is 10.1. The molecule has 1 fully saturated rings. The number of aliphatic imine (C=N–C) groups is 1. The van der Waals surface area contributed by atoms with Crippen molar-refractivity contribution in [1.82, 2.24) is 5.32 Å². The summed E-state index contributed by atoms with van der Waals surface area (Å²) in [5, 5.41) is 3.37. The Morgan fingerprint density at radius 1 is 1.14 bits per heavy atom. The molecule has 0 unspecified atom stereocenters. The first-order valence-corrected chi connectivity index (χ1v) is 9.43. The van der Waals surface area contributed by atoms with Crippen molar-refractivity contribution in [1.29, 1.82) is 0 Å². The number of nitrogens with zero attached hydrogens (tertiary/aromatic N) is 1. The van der Waals surface area contributed by atoms with Crippen molar-refractivity contribution < 1.29 is 19.1 Å². The van der Waals surface area contributed by atoms with Gasteiger partial charge in [0.2, 0.25) is 0 Å². The smallest absolute Gasteiger partial charge is 0.279 e. The average Bonchev–Trinajstić information content (AvgIpc) is 3.02. The highest BCUT2D eigenvalue weighted by atomic mass is 35.5. The minimum Gasteiger partial charge on any atom is -0.493 e. The topological polar surface area (TPSA) is 77.0 Å². The number of amides is 2. The molecule has 0 radical (unpaired) electrons. The average molecular weight is 417 g/mol. The zero-order chi connectivity index (χ0) is 20.3. The summed E-state index contributed by atoms with van der Waals surface area (Å²) in [4.78, 5) is 28.9. The van der Waals surface area contributed by atoms with Gasteiger partial charge in [-0.3, -0.25) is 9.59 Å². The van der Waals surface area contributed by atoms with Crippen LogP contribution in [0.15, 0.2) is 46.3 Å². The third-order valence-electron chi connectivity index (χ3n) is 4.00. The highest BCUT2D eigenvalue weighted by Gasteiger charge is 2.25. The van der Waals surface area contributed by atoms with Gasteiger partial charge in [0.1, 0.15) is 0 Å². The van der Waals surface area contributed by atoms with Gasteiger partial charge in [0.15, 0.2) is 16.7 Å². The van der Waals surface area contributed by atoms with E-state index in [2.05, 4.69) is 10.3 Å². The zero-order valence-corrected chi connectivity index (χ0v) is 17.0. The maximum absolute atomic E-state index is 12.3. The monoisotopic (exact) mass is 416 g/mol. The van der Waals surface area contributed by atoms with Crippen LogP contribution in [0.25, 0.3) is 6.08 Å². The van der Waals surface area contributed by atoms with Gasteiger partial charge in [-0.2, -0.15) is 4.99 Å². The molecule has 6 nitrogen and oxygen atoms in total. The van der Waals surface area contributed by atoms with Gasteiger partial charge in [-0.15, -0.1) is 0 Å². The molecule has 0 saturated carbocycles. The van der Waals surface area contributed by atoms with E-state index >= 15 is 0 Å². The number of benzene rings is 2. The van der Waals surface area contributed by atoms with Crippen LogP contribution in [0, 0.1) is 6.92 Å². The minimum absolute atomic E-state index is 0.231. The normalized spacial score (nSPS) is 16.4. The predicted molar refractivity (Wildman–Crippen MR) is 111 cm³/mol. The van der Waals surface area contributed by atoms with Gasteiger partial charge in [-0.1, -0.05) is 11.6 Å². The van der Waals surface area contributed by atoms with E-state index in [0.717, 1.165) is 22.9 Å². The first kappa shape index (κ1) is 20.0. The van der Waals surface area contributed by atoms with Gasteiger partial charge in [0.25, 0.3) is 11.8 Å². The predicted octanol–water partition coefficient (Wildman–Crippen LogP) is 4.07. The van der Waals surface area contributed by atoms with Gasteiger partial charge < -0.3 is 14.8 Å². The van der Waals surface area contributed by atoms with Gasteiger partial charge >= 0.3 is 0 Å². The Morgan fingerprint density at radius 3 is 2.43 bits per heavy atom. The molecule has 2 aromatic carbocycles. The summed E-state index contributed by atoms with van der Waals surface area (Å²) in [7, 11) is 3.12. The molecule has 144 valence electrons. The molecule has 1 aliphatic rings. The lowest BCUT2D eigenvalue weighted by Crippen LogP contribution is -2.20. The van der Waals surface area contributed by atoms with Crippen molar-refractivity contribution in [3.8, 4) is 11.5 Å². The van der Waals surface area contributed by atoms with Crippen LogP contribution >= 0.6 is 23.4 Å². The second-order valence-electron chi connectivity index (χ2n) is 5.86. The Labute approximate surface area is 171 Å². The fourth-order valence-corrected chi connectivity index (χ4v) is 3.46. The molecule has 2 amide bonds. The second kappa shape index (κ2) is 8.50. The fourth-order valence-electron chi connectivity index (χ4n) is 2.52. The van der Waals surface area contributed by atoms with E-state index in [1.165, 1.54) is 0 Å². The summed E-state index contributed by atoms with van der Waals surface area (Å²) in [6, 6.07) is 10.0. The minimum atomic E-state index is -0.456. The maximum atomic E-state index is 12.3. The zero-order valence-electron chi connectivity index (χ0n) is 15.4. The number of hydrogen-bond acceptors (Lipinski definition) is 5. The molecule has 0 aliphatic carbocycles. The van der Waals surface area contributed by atoms with Crippen LogP contribution in [-0.4, -0.2) is 31.2 Å². The summed E-state index contributed by atoms with van der Waals surface area (Å²) in [5.74, 6) is 0.404. The van der Waals surface area contributed by atoms with Crippen molar-refractivity contribution in [2.45, 2.75) is 6.92 Å². The third kappa shape index (κ3) is 4.37. The first-order chi connectivity index (χ1) is 13.4. The van der Waals surface area contributed by atoms with E-state index in [1.807, 2.05) is 13.0 Å². The van der Waals surface area contributed by atoms with Crippen LogP contribution < -0.4 is 14.8 Å². The molecular weight excluding hydrogens is 400 g/mol. The molecule has 3 rings (SSSR count). The Hall–Kier alpha value is -2.77. The fraction of sp³-hybridized carbons (Fsp3) is 0.150. The molecule has 0 atom stereocenters. The van der Waals surface area contributed by atoms with E-state index in [0.29, 0.717) is 27.0 Å². The van der Waals surface area contributed by atoms with Crippen molar-refractivity contribution in [2.24, 2.45) is 4.99 Å². The first-order valence-electron chi connectivity index (χ1n) is 8.23. The summed E-state index contributed by atoms with van der Waals surface area (Å²) < 4.78 is 10.6. The number of methoxy groups -OCH3 is 2. The summed E-state index contributed by atoms with van der Waals surface area (Å²) in [6.07, 6.45) is 1.73. The van der Waals surface area contributed by atoms with E-state index in [-0.39, 0.29) is 11.1 Å². The molecule has 28 heavy (non-hydrogen) atoms. The van der Waals surface area contributed by atoms with Crippen molar-refractivity contribution in [2.75, 3.05) is 14.2 Å². The van der Waals surface area contributed by atoms with Crippen LogP contribution in [0.1, 0.15) is 21.5 Å². The lowest BCUT2D eigenvalue weighted by Gasteiger charge is -2.10.